The summed E-state index contributed by atoms with van der Waals surface area (Å²) in [6.07, 6.45) is 2.66. The molecule has 0 unspecified atom stereocenters. The molecular formula is C25H34FN3O5S. The quantitative estimate of drug-likeness (QED) is 0.420. The first-order valence-electron chi connectivity index (χ1n) is 11.6. The molecule has 1 N–H and O–H groups in total. The van der Waals surface area contributed by atoms with Crippen LogP contribution >= 0.6 is 0 Å². The number of carbonyl (C=O) groups excluding carboxylic acids is 2. The number of ether oxygens (including phenoxy) is 1. The fourth-order valence-corrected chi connectivity index (χ4v) is 4.27. The predicted octanol–water partition coefficient (Wildman–Crippen LogP) is 3.32. The molecule has 192 valence electrons. The summed E-state index contributed by atoms with van der Waals surface area (Å²) in [6.45, 7) is 5.54. The Labute approximate surface area is 207 Å². The van der Waals surface area contributed by atoms with Gasteiger partial charge >= 0.3 is 0 Å². The number of rotatable bonds is 13. The first kappa shape index (κ1) is 28.1. The second kappa shape index (κ2) is 13.1. The monoisotopic (exact) mass is 507 g/mol. The molecule has 0 heterocycles. The van der Waals surface area contributed by atoms with Gasteiger partial charge in [-0.3, -0.25) is 13.9 Å². The maximum Gasteiger partial charge on any atom is 0.244 e. The molecule has 0 spiro atoms. The number of amides is 2. The summed E-state index contributed by atoms with van der Waals surface area (Å²) in [5, 5.41) is 2.78. The van der Waals surface area contributed by atoms with Crippen LogP contribution in [0.2, 0.25) is 0 Å². The lowest BCUT2D eigenvalue weighted by molar-refractivity contribution is -0.139. The Morgan fingerprint density at radius 3 is 2.31 bits per heavy atom. The number of anilines is 1. The number of sulfonamides is 1. The molecule has 2 aromatic carbocycles. The maximum atomic E-state index is 14.4. The summed E-state index contributed by atoms with van der Waals surface area (Å²) in [6, 6.07) is 11.3. The van der Waals surface area contributed by atoms with Crippen molar-refractivity contribution in [2.75, 3.05) is 30.3 Å². The second-order valence-electron chi connectivity index (χ2n) is 8.13. The summed E-state index contributed by atoms with van der Waals surface area (Å²) in [4.78, 5) is 27.4. The molecule has 0 aliphatic heterocycles. The van der Waals surface area contributed by atoms with Crippen LogP contribution in [0, 0.1) is 5.82 Å². The summed E-state index contributed by atoms with van der Waals surface area (Å²) in [5.74, 6) is -0.981. The zero-order chi connectivity index (χ0) is 26.0. The Morgan fingerprint density at radius 2 is 1.74 bits per heavy atom. The van der Waals surface area contributed by atoms with E-state index in [9.17, 15) is 22.4 Å². The van der Waals surface area contributed by atoms with Gasteiger partial charge < -0.3 is 15.0 Å². The van der Waals surface area contributed by atoms with E-state index in [0.29, 0.717) is 18.9 Å². The maximum absolute atomic E-state index is 14.4. The van der Waals surface area contributed by atoms with Gasteiger partial charge in [-0.15, -0.1) is 0 Å². The lowest BCUT2D eigenvalue weighted by Crippen LogP contribution is -2.51. The minimum atomic E-state index is -3.85. The fraction of sp³-hybridized carbons (Fsp3) is 0.440. The zero-order valence-electron chi connectivity index (χ0n) is 20.7. The van der Waals surface area contributed by atoms with Gasteiger partial charge in [-0.1, -0.05) is 31.5 Å². The topological polar surface area (TPSA) is 96.0 Å². The van der Waals surface area contributed by atoms with E-state index >= 15 is 0 Å². The molecule has 0 saturated carbocycles. The average molecular weight is 508 g/mol. The third-order valence-corrected chi connectivity index (χ3v) is 6.55. The Balaban J connectivity index is 2.34. The highest BCUT2D eigenvalue weighted by Gasteiger charge is 2.30. The minimum Gasteiger partial charge on any atom is -0.494 e. The lowest BCUT2D eigenvalue weighted by Gasteiger charge is -2.31. The third-order valence-electron chi connectivity index (χ3n) is 5.41. The van der Waals surface area contributed by atoms with Gasteiger partial charge in [-0.2, -0.15) is 0 Å². The van der Waals surface area contributed by atoms with Gasteiger partial charge in [0, 0.05) is 18.7 Å². The van der Waals surface area contributed by atoms with Crippen LogP contribution in [0.3, 0.4) is 0 Å². The van der Waals surface area contributed by atoms with Crippen LogP contribution in [0.5, 0.6) is 5.75 Å². The van der Waals surface area contributed by atoms with Crippen LogP contribution in [0.4, 0.5) is 10.1 Å². The number of hydrogen-bond acceptors (Lipinski definition) is 5. The van der Waals surface area contributed by atoms with Crippen molar-refractivity contribution in [2.24, 2.45) is 0 Å². The summed E-state index contributed by atoms with van der Waals surface area (Å²) in [5.41, 5.74) is 0.497. The van der Waals surface area contributed by atoms with Crippen molar-refractivity contribution in [1.82, 2.24) is 10.2 Å². The van der Waals surface area contributed by atoms with Crippen molar-refractivity contribution in [3.8, 4) is 5.75 Å². The van der Waals surface area contributed by atoms with E-state index in [4.69, 9.17) is 4.74 Å². The molecule has 0 radical (unpaired) electrons. The SMILES string of the molecule is CCCCNC(=O)[C@H](C)N(Cc1ccccc1F)C(=O)CN(c1ccc(OCC)cc1)S(C)(=O)=O. The predicted molar refractivity (Wildman–Crippen MR) is 134 cm³/mol. The van der Waals surface area contributed by atoms with Crippen LogP contribution < -0.4 is 14.4 Å². The van der Waals surface area contributed by atoms with Gasteiger partial charge in [0.05, 0.1) is 18.6 Å². The molecule has 2 amide bonds. The van der Waals surface area contributed by atoms with E-state index in [1.165, 1.54) is 23.1 Å². The smallest absolute Gasteiger partial charge is 0.244 e. The number of benzene rings is 2. The van der Waals surface area contributed by atoms with E-state index in [1.807, 2.05) is 13.8 Å². The van der Waals surface area contributed by atoms with Gasteiger partial charge in [0.25, 0.3) is 0 Å². The van der Waals surface area contributed by atoms with Gasteiger partial charge in [-0.25, -0.2) is 12.8 Å². The summed E-state index contributed by atoms with van der Waals surface area (Å²) >= 11 is 0. The normalized spacial score (nSPS) is 12.0. The molecule has 35 heavy (non-hydrogen) atoms. The van der Waals surface area contributed by atoms with E-state index in [1.54, 1.807) is 37.3 Å². The Hall–Kier alpha value is -3.14. The van der Waals surface area contributed by atoms with Crippen LogP contribution in [0.15, 0.2) is 48.5 Å². The van der Waals surface area contributed by atoms with Crippen LogP contribution in [0.25, 0.3) is 0 Å². The molecule has 0 aromatic heterocycles. The van der Waals surface area contributed by atoms with Gasteiger partial charge in [0.2, 0.25) is 21.8 Å². The number of hydrogen-bond donors (Lipinski definition) is 1. The highest BCUT2D eigenvalue weighted by Crippen LogP contribution is 2.23. The van der Waals surface area contributed by atoms with Crippen molar-refractivity contribution in [3.63, 3.8) is 0 Å². The lowest BCUT2D eigenvalue weighted by atomic mass is 10.1. The van der Waals surface area contributed by atoms with Gasteiger partial charge in [-0.05, 0) is 50.6 Å². The van der Waals surface area contributed by atoms with Crippen molar-refractivity contribution in [3.05, 3.63) is 59.9 Å². The highest BCUT2D eigenvalue weighted by molar-refractivity contribution is 7.92. The number of halogens is 1. The van der Waals surface area contributed by atoms with E-state index in [-0.39, 0.29) is 17.8 Å². The first-order chi connectivity index (χ1) is 16.6. The standard InChI is InChI=1S/C25H34FN3O5S/c1-5-7-16-27-25(31)19(3)28(17-20-10-8-9-11-23(20)26)24(30)18-29(35(4,32)33)21-12-14-22(15-13-21)34-6-2/h8-15,19H,5-7,16-18H2,1-4H3,(H,27,31)/t19-/m0/s1. The fourth-order valence-electron chi connectivity index (χ4n) is 3.42. The second-order valence-corrected chi connectivity index (χ2v) is 10.0. The molecule has 2 aromatic rings. The average Bonchev–Trinajstić information content (AvgIpc) is 2.81. The third kappa shape index (κ3) is 8.24. The van der Waals surface area contributed by atoms with Crippen LogP contribution in [0.1, 0.15) is 39.2 Å². The number of nitrogens with one attached hydrogen (secondary N) is 1. The summed E-state index contributed by atoms with van der Waals surface area (Å²) < 4.78 is 45.9. The molecule has 0 bridgehead atoms. The van der Waals surface area contributed by atoms with Gasteiger partial charge in [0.1, 0.15) is 24.2 Å². The number of carbonyl (C=O) groups is 2. The van der Waals surface area contributed by atoms with E-state index < -0.39 is 40.2 Å². The molecule has 10 heteroatoms. The van der Waals surface area contributed by atoms with Crippen LogP contribution in [-0.4, -0.2) is 57.1 Å². The Bertz CT molecular complexity index is 1090. The largest absolute Gasteiger partial charge is 0.494 e. The van der Waals surface area contributed by atoms with E-state index in [2.05, 4.69) is 5.32 Å². The Kier molecular flexibility index (Phi) is 10.5. The molecule has 0 saturated heterocycles. The van der Waals surface area contributed by atoms with Crippen LogP contribution in [-0.2, 0) is 26.2 Å². The van der Waals surface area contributed by atoms with Gasteiger partial charge in [0.15, 0.2) is 0 Å². The number of unbranched alkanes of at least 4 members (excludes halogenated alkanes) is 1. The zero-order valence-corrected chi connectivity index (χ0v) is 21.5. The van der Waals surface area contributed by atoms with Crippen molar-refractivity contribution in [1.29, 1.82) is 0 Å². The molecule has 8 nitrogen and oxygen atoms in total. The first-order valence-corrected chi connectivity index (χ1v) is 13.4. The molecule has 1 atom stereocenters. The summed E-state index contributed by atoms with van der Waals surface area (Å²) in [7, 11) is -3.85. The molecule has 0 fully saturated rings. The van der Waals surface area contributed by atoms with Crippen molar-refractivity contribution >= 4 is 27.5 Å². The molecule has 0 aliphatic carbocycles. The van der Waals surface area contributed by atoms with Crippen molar-refractivity contribution < 1.29 is 27.1 Å². The molecule has 0 aliphatic rings. The number of nitrogens with zero attached hydrogens (tertiary/aromatic N) is 2. The molecular weight excluding hydrogens is 473 g/mol. The minimum absolute atomic E-state index is 0.186. The Morgan fingerprint density at radius 1 is 1.09 bits per heavy atom. The van der Waals surface area contributed by atoms with E-state index in [0.717, 1.165) is 23.4 Å². The highest BCUT2D eigenvalue weighted by atomic mass is 32.2. The molecule has 2 rings (SSSR count). The van der Waals surface area contributed by atoms with Crippen molar-refractivity contribution in [2.45, 2.75) is 46.2 Å².